The van der Waals surface area contributed by atoms with E-state index in [0.717, 1.165) is 13.1 Å². The molecule has 0 amide bonds. The zero-order valence-electron chi connectivity index (χ0n) is 11.6. The Morgan fingerprint density at radius 1 is 1.11 bits per heavy atom. The van der Waals surface area contributed by atoms with Crippen molar-refractivity contribution in [2.45, 2.75) is 39.2 Å². The number of hydrazine groups is 1. The number of benzene rings is 1. The number of nitrogens with one attached hydrogen (secondary N) is 1. The second-order valence-corrected chi connectivity index (χ2v) is 5.39. The molecule has 2 rings (SSSR count). The highest BCUT2D eigenvalue weighted by molar-refractivity contribution is 5.30. The highest BCUT2D eigenvalue weighted by Crippen LogP contribution is 2.18. The first-order chi connectivity index (χ1) is 8.69. The standard InChI is InChI=1S/C15H25N3/c1-12-8-13(2)10-14(9-12)15(11-16)17-18-6-4-3-5-7-18/h8-10,15,17H,3-7,11,16H2,1-2H3. The molecule has 1 heterocycles. The minimum atomic E-state index is 0.238. The van der Waals surface area contributed by atoms with E-state index in [4.69, 9.17) is 5.73 Å². The van der Waals surface area contributed by atoms with Crippen molar-refractivity contribution in [1.29, 1.82) is 0 Å². The van der Waals surface area contributed by atoms with Crippen LogP contribution in [0.15, 0.2) is 18.2 Å². The second-order valence-electron chi connectivity index (χ2n) is 5.39. The maximum Gasteiger partial charge on any atom is 0.0587 e. The van der Waals surface area contributed by atoms with Gasteiger partial charge >= 0.3 is 0 Å². The van der Waals surface area contributed by atoms with E-state index in [1.54, 1.807) is 0 Å². The maximum atomic E-state index is 5.93. The fourth-order valence-corrected chi connectivity index (χ4v) is 2.72. The van der Waals surface area contributed by atoms with E-state index in [-0.39, 0.29) is 6.04 Å². The molecule has 0 spiro atoms. The number of rotatable bonds is 4. The van der Waals surface area contributed by atoms with Gasteiger partial charge in [-0.3, -0.25) is 0 Å². The van der Waals surface area contributed by atoms with E-state index < -0.39 is 0 Å². The Labute approximate surface area is 110 Å². The van der Waals surface area contributed by atoms with E-state index in [1.807, 2.05) is 0 Å². The van der Waals surface area contributed by atoms with Gasteiger partial charge < -0.3 is 5.73 Å². The lowest BCUT2D eigenvalue weighted by Crippen LogP contribution is -2.45. The van der Waals surface area contributed by atoms with Crippen LogP contribution in [0, 0.1) is 13.8 Å². The molecule has 100 valence electrons. The molecule has 3 N–H and O–H groups in total. The van der Waals surface area contributed by atoms with Crippen molar-refractivity contribution in [1.82, 2.24) is 10.4 Å². The van der Waals surface area contributed by atoms with Crippen molar-refractivity contribution >= 4 is 0 Å². The summed E-state index contributed by atoms with van der Waals surface area (Å²) in [7, 11) is 0. The highest BCUT2D eigenvalue weighted by atomic mass is 15.5. The third-order valence-electron chi connectivity index (χ3n) is 3.58. The van der Waals surface area contributed by atoms with Crippen LogP contribution >= 0.6 is 0 Å². The molecule has 0 bridgehead atoms. The molecule has 1 aromatic rings. The predicted molar refractivity (Wildman–Crippen MR) is 76.3 cm³/mol. The number of hydrogen-bond acceptors (Lipinski definition) is 3. The molecule has 0 radical (unpaired) electrons. The molecular formula is C15H25N3. The van der Waals surface area contributed by atoms with Gasteiger partial charge in [-0.05, 0) is 32.3 Å². The zero-order chi connectivity index (χ0) is 13.0. The van der Waals surface area contributed by atoms with Gasteiger partial charge in [-0.25, -0.2) is 10.4 Å². The third-order valence-corrected chi connectivity index (χ3v) is 3.58. The van der Waals surface area contributed by atoms with Crippen molar-refractivity contribution < 1.29 is 0 Å². The predicted octanol–water partition coefficient (Wildman–Crippen LogP) is 2.29. The van der Waals surface area contributed by atoms with Gasteiger partial charge in [-0.15, -0.1) is 0 Å². The molecule has 1 unspecified atom stereocenters. The van der Waals surface area contributed by atoms with Gasteiger partial charge in [0.05, 0.1) is 6.04 Å². The van der Waals surface area contributed by atoms with E-state index in [2.05, 4.69) is 42.5 Å². The van der Waals surface area contributed by atoms with Crippen molar-refractivity contribution in [3.8, 4) is 0 Å². The van der Waals surface area contributed by atoms with Crippen molar-refractivity contribution in [3.63, 3.8) is 0 Å². The second kappa shape index (κ2) is 6.32. The van der Waals surface area contributed by atoms with Gasteiger partial charge in [-0.1, -0.05) is 35.7 Å². The Balaban J connectivity index is 2.06. The van der Waals surface area contributed by atoms with Crippen LogP contribution in [0.2, 0.25) is 0 Å². The summed E-state index contributed by atoms with van der Waals surface area (Å²) in [5, 5.41) is 2.33. The third kappa shape index (κ3) is 3.55. The average Bonchev–Trinajstić information content (AvgIpc) is 2.36. The molecule has 1 aromatic carbocycles. The van der Waals surface area contributed by atoms with Crippen molar-refractivity contribution in [2.75, 3.05) is 19.6 Å². The van der Waals surface area contributed by atoms with E-state index in [1.165, 1.54) is 36.0 Å². The summed E-state index contributed by atoms with van der Waals surface area (Å²) >= 11 is 0. The van der Waals surface area contributed by atoms with E-state index in [9.17, 15) is 0 Å². The summed E-state index contributed by atoms with van der Waals surface area (Å²) in [5.41, 5.74) is 13.4. The van der Waals surface area contributed by atoms with E-state index >= 15 is 0 Å². The van der Waals surface area contributed by atoms with Crippen molar-refractivity contribution in [3.05, 3.63) is 34.9 Å². The Bertz CT molecular complexity index is 363. The lowest BCUT2D eigenvalue weighted by atomic mass is 10.0. The molecule has 18 heavy (non-hydrogen) atoms. The number of aryl methyl sites for hydroxylation is 2. The maximum absolute atomic E-state index is 5.93. The van der Waals surface area contributed by atoms with Crippen LogP contribution in [-0.2, 0) is 0 Å². The topological polar surface area (TPSA) is 41.3 Å². The lowest BCUT2D eigenvalue weighted by Gasteiger charge is -2.31. The molecule has 3 nitrogen and oxygen atoms in total. The Morgan fingerprint density at radius 3 is 2.28 bits per heavy atom. The molecule has 0 aliphatic carbocycles. The summed E-state index contributed by atoms with van der Waals surface area (Å²) in [4.78, 5) is 0. The molecule has 0 saturated carbocycles. The Morgan fingerprint density at radius 2 is 1.72 bits per heavy atom. The van der Waals surface area contributed by atoms with Crippen LogP contribution < -0.4 is 11.2 Å². The van der Waals surface area contributed by atoms with Crippen LogP contribution in [0.4, 0.5) is 0 Å². The number of hydrogen-bond donors (Lipinski definition) is 2. The summed E-state index contributed by atoms with van der Waals surface area (Å²) in [6.45, 7) is 7.21. The minimum absolute atomic E-state index is 0.238. The quantitative estimate of drug-likeness (QED) is 0.858. The molecule has 1 fully saturated rings. The first-order valence-corrected chi connectivity index (χ1v) is 6.98. The summed E-state index contributed by atoms with van der Waals surface area (Å²) in [5.74, 6) is 0. The lowest BCUT2D eigenvalue weighted by molar-refractivity contribution is 0.130. The number of piperidine rings is 1. The smallest absolute Gasteiger partial charge is 0.0587 e. The van der Waals surface area contributed by atoms with Gasteiger partial charge in [0.1, 0.15) is 0 Å². The largest absolute Gasteiger partial charge is 0.329 e. The van der Waals surface area contributed by atoms with Gasteiger partial charge in [-0.2, -0.15) is 0 Å². The minimum Gasteiger partial charge on any atom is -0.329 e. The van der Waals surface area contributed by atoms with Crippen LogP contribution in [0.3, 0.4) is 0 Å². The molecule has 1 aliphatic heterocycles. The van der Waals surface area contributed by atoms with Gasteiger partial charge in [0.25, 0.3) is 0 Å². The fraction of sp³-hybridized carbons (Fsp3) is 0.600. The number of nitrogens with two attached hydrogens (primary N) is 1. The highest BCUT2D eigenvalue weighted by Gasteiger charge is 2.16. The Kier molecular flexibility index (Phi) is 4.75. The van der Waals surface area contributed by atoms with Gasteiger partial charge in [0.15, 0.2) is 0 Å². The van der Waals surface area contributed by atoms with Crippen molar-refractivity contribution in [2.24, 2.45) is 5.73 Å². The molecule has 1 aliphatic rings. The van der Waals surface area contributed by atoms with Gasteiger partial charge in [0, 0.05) is 19.6 Å². The molecule has 1 atom stereocenters. The summed E-state index contributed by atoms with van der Waals surface area (Å²) in [6.07, 6.45) is 3.93. The summed E-state index contributed by atoms with van der Waals surface area (Å²) in [6, 6.07) is 6.92. The van der Waals surface area contributed by atoms with Gasteiger partial charge in [0.2, 0.25) is 0 Å². The fourth-order valence-electron chi connectivity index (χ4n) is 2.72. The first kappa shape index (κ1) is 13.5. The normalized spacial score (nSPS) is 18.8. The number of nitrogens with zero attached hydrogens (tertiary/aromatic N) is 1. The van der Waals surface area contributed by atoms with Crippen LogP contribution in [0.5, 0.6) is 0 Å². The monoisotopic (exact) mass is 247 g/mol. The average molecular weight is 247 g/mol. The molecular weight excluding hydrogens is 222 g/mol. The molecule has 3 heteroatoms. The van der Waals surface area contributed by atoms with Crippen LogP contribution in [0.1, 0.15) is 42.0 Å². The molecule has 1 saturated heterocycles. The SMILES string of the molecule is Cc1cc(C)cc(C(CN)NN2CCCCC2)c1. The first-order valence-electron chi connectivity index (χ1n) is 6.98. The molecule has 0 aromatic heterocycles. The summed E-state index contributed by atoms with van der Waals surface area (Å²) < 4.78 is 0. The van der Waals surface area contributed by atoms with Crippen LogP contribution in [0.25, 0.3) is 0 Å². The van der Waals surface area contributed by atoms with Crippen LogP contribution in [-0.4, -0.2) is 24.6 Å². The Hall–Kier alpha value is -0.900. The zero-order valence-corrected chi connectivity index (χ0v) is 11.6. The van der Waals surface area contributed by atoms with E-state index in [0.29, 0.717) is 6.54 Å².